The van der Waals surface area contributed by atoms with E-state index in [1.807, 2.05) is 6.92 Å². The van der Waals surface area contributed by atoms with Crippen molar-refractivity contribution in [3.05, 3.63) is 11.6 Å². The van der Waals surface area contributed by atoms with Crippen LogP contribution < -0.4 is 6.15 Å². The van der Waals surface area contributed by atoms with Gasteiger partial charge in [-0.15, -0.1) is 0 Å². The summed E-state index contributed by atoms with van der Waals surface area (Å²) in [5.41, 5.74) is 1.43. The van der Waals surface area contributed by atoms with E-state index in [2.05, 4.69) is 13.8 Å². The molecule has 0 spiro atoms. The molecule has 0 radical (unpaired) electrons. The standard InChI is InChI=1S/C9H14O.H3N/c1-7-4-8(10)6-9(2,3)5-7;/h4H,5-6H2,1-3H3;1H3. The van der Waals surface area contributed by atoms with E-state index in [1.54, 1.807) is 6.08 Å². The number of rotatable bonds is 0. The topological polar surface area (TPSA) is 52.1 Å². The van der Waals surface area contributed by atoms with Gasteiger partial charge in [-0.2, -0.15) is 0 Å². The quantitative estimate of drug-likeness (QED) is 0.584. The first-order valence-corrected chi connectivity index (χ1v) is 3.70. The highest BCUT2D eigenvalue weighted by Crippen LogP contribution is 2.32. The van der Waals surface area contributed by atoms with E-state index in [4.69, 9.17) is 0 Å². The highest BCUT2D eigenvalue weighted by atomic mass is 16.1. The van der Waals surface area contributed by atoms with Gasteiger partial charge < -0.3 is 6.15 Å². The highest BCUT2D eigenvalue weighted by Gasteiger charge is 2.25. The maximum absolute atomic E-state index is 11.0. The summed E-state index contributed by atoms with van der Waals surface area (Å²) in [7, 11) is 0. The normalized spacial score (nSPS) is 22.1. The maximum atomic E-state index is 11.0. The van der Waals surface area contributed by atoms with Crippen molar-refractivity contribution in [1.29, 1.82) is 0 Å². The van der Waals surface area contributed by atoms with Crippen LogP contribution in [0.1, 0.15) is 33.6 Å². The van der Waals surface area contributed by atoms with Gasteiger partial charge in [0.15, 0.2) is 5.78 Å². The number of hydrogen-bond donors (Lipinski definition) is 1. The molecule has 0 aromatic carbocycles. The third kappa shape index (κ3) is 2.85. The van der Waals surface area contributed by atoms with Crippen LogP contribution in [0.15, 0.2) is 11.6 Å². The minimum atomic E-state index is 0. The molecule has 1 rings (SSSR count). The van der Waals surface area contributed by atoms with Crippen LogP contribution >= 0.6 is 0 Å². The minimum Gasteiger partial charge on any atom is -0.344 e. The Hall–Kier alpha value is -0.630. The predicted molar refractivity (Wildman–Crippen MR) is 46.8 cm³/mol. The largest absolute Gasteiger partial charge is 0.344 e. The second kappa shape index (κ2) is 3.18. The lowest BCUT2D eigenvalue weighted by Crippen LogP contribution is -2.20. The molecule has 3 N–H and O–H groups in total. The SMILES string of the molecule is CC1=CC(=O)CC(C)(C)C1.N. The van der Waals surface area contributed by atoms with Crippen molar-refractivity contribution in [2.24, 2.45) is 5.41 Å². The monoisotopic (exact) mass is 155 g/mol. The number of carbonyl (C=O) groups is 1. The summed E-state index contributed by atoms with van der Waals surface area (Å²) in [4.78, 5) is 11.0. The van der Waals surface area contributed by atoms with E-state index in [0.29, 0.717) is 6.42 Å². The number of allylic oxidation sites excluding steroid dienone is 2. The Morgan fingerprint density at radius 2 is 1.91 bits per heavy atom. The molecule has 11 heavy (non-hydrogen) atoms. The molecule has 0 atom stereocenters. The predicted octanol–water partition coefficient (Wildman–Crippen LogP) is 2.48. The van der Waals surface area contributed by atoms with Gasteiger partial charge in [0.05, 0.1) is 0 Å². The van der Waals surface area contributed by atoms with Crippen LogP contribution in [-0.4, -0.2) is 5.78 Å². The summed E-state index contributed by atoms with van der Waals surface area (Å²) in [6.07, 6.45) is 3.55. The first kappa shape index (κ1) is 10.4. The van der Waals surface area contributed by atoms with Crippen LogP contribution in [0.25, 0.3) is 0 Å². The summed E-state index contributed by atoms with van der Waals surface area (Å²) in [5, 5.41) is 0. The lowest BCUT2D eigenvalue weighted by molar-refractivity contribution is -0.117. The van der Waals surface area contributed by atoms with E-state index in [0.717, 1.165) is 6.42 Å². The third-order valence-corrected chi connectivity index (χ3v) is 1.82. The molecule has 2 heteroatoms. The molecule has 0 aliphatic heterocycles. The van der Waals surface area contributed by atoms with Gasteiger partial charge in [-0.05, 0) is 24.8 Å². The Morgan fingerprint density at radius 3 is 2.27 bits per heavy atom. The average Bonchev–Trinajstić information content (AvgIpc) is 1.54. The summed E-state index contributed by atoms with van der Waals surface area (Å²) < 4.78 is 0. The van der Waals surface area contributed by atoms with Crippen LogP contribution in [0.5, 0.6) is 0 Å². The smallest absolute Gasteiger partial charge is 0.156 e. The molecule has 0 saturated heterocycles. The van der Waals surface area contributed by atoms with E-state index in [9.17, 15) is 4.79 Å². The van der Waals surface area contributed by atoms with Crippen LogP contribution in [0.2, 0.25) is 0 Å². The molecular formula is C9H17NO. The van der Waals surface area contributed by atoms with Crippen molar-refractivity contribution < 1.29 is 4.79 Å². The van der Waals surface area contributed by atoms with Crippen molar-refractivity contribution >= 4 is 5.78 Å². The van der Waals surface area contributed by atoms with Crippen molar-refractivity contribution in [3.63, 3.8) is 0 Å². The van der Waals surface area contributed by atoms with Crippen molar-refractivity contribution in [1.82, 2.24) is 6.15 Å². The Bertz CT molecular complexity index is 192. The van der Waals surface area contributed by atoms with Gasteiger partial charge >= 0.3 is 0 Å². The zero-order valence-electron chi connectivity index (χ0n) is 7.61. The van der Waals surface area contributed by atoms with Crippen molar-refractivity contribution in [3.8, 4) is 0 Å². The average molecular weight is 155 g/mol. The van der Waals surface area contributed by atoms with E-state index >= 15 is 0 Å². The van der Waals surface area contributed by atoms with E-state index < -0.39 is 0 Å². The maximum Gasteiger partial charge on any atom is 0.156 e. The summed E-state index contributed by atoms with van der Waals surface area (Å²) in [5.74, 6) is 0.286. The van der Waals surface area contributed by atoms with E-state index in [-0.39, 0.29) is 17.3 Å². The number of hydrogen-bond acceptors (Lipinski definition) is 2. The molecule has 0 fully saturated rings. The lowest BCUT2D eigenvalue weighted by atomic mass is 9.77. The Kier molecular flexibility index (Phi) is 3.00. The minimum absolute atomic E-state index is 0. The fraction of sp³-hybridized carbons (Fsp3) is 0.667. The molecule has 0 heterocycles. The fourth-order valence-electron chi connectivity index (χ4n) is 1.67. The lowest BCUT2D eigenvalue weighted by Gasteiger charge is -2.27. The molecule has 0 bridgehead atoms. The van der Waals surface area contributed by atoms with Gasteiger partial charge in [0.2, 0.25) is 0 Å². The zero-order chi connectivity index (χ0) is 7.78. The van der Waals surface area contributed by atoms with Crippen LogP contribution in [0.4, 0.5) is 0 Å². The van der Waals surface area contributed by atoms with Crippen LogP contribution in [0.3, 0.4) is 0 Å². The molecule has 0 aromatic rings. The Labute approximate surface area is 68.3 Å². The number of ketones is 1. The molecule has 2 nitrogen and oxygen atoms in total. The Morgan fingerprint density at radius 1 is 1.36 bits per heavy atom. The van der Waals surface area contributed by atoms with Crippen molar-refractivity contribution in [2.45, 2.75) is 33.6 Å². The van der Waals surface area contributed by atoms with Crippen LogP contribution in [0, 0.1) is 5.41 Å². The third-order valence-electron chi connectivity index (χ3n) is 1.82. The van der Waals surface area contributed by atoms with Crippen molar-refractivity contribution in [2.75, 3.05) is 0 Å². The molecule has 0 unspecified atom stereocenters. The fourth-order valence-corrected chi connectivity index (χ4v) is 1.67. The first-order chi connectivity index (χ1) is 4.49. The van der Waals surface area contributed by atoms with Gasteiger partial charge in [-0.1, -0.05) is 19.4 Å². The second-order valence-electron chi connectivity index (χ2n) is 3.97. The molecule has 0 amide bonds. The second-order valence-corrected chi connectivity index (χ2v) is 3.97. The van der Waals surface area contributed by atoms with Crippen LogP contribution in [-0.2, 0) is 4.79 Å². The van der Waals surface area contributed by atoms with Gasteiger partial charge in [0, 0.05) is 6.42 Å². The first-order valence-electron chi connectivity index (χ1n) is 3.70. The van der Waals surface area contributed by atoms with E-state index in [1.165, 1.54) is 5.57 Å². The number of carbonyl (C=O) groups excluding carboxylic acids is 1. The van der Waals surface area contributed by atoms with Gasteiger partial charge in [-0.3, -0.25) is 4.79 Å². The van der Waals surface area contributed by atoms with Gasteiger partial charge in [0.25, 0.3) is 0 Å². The summed E-state index contributed by atoms with van der Waals surface area (Å²) in [6.45, 7) is 6.31. The molecule has 1 aliphatic carbocycles. The molecule has 1 aliphatic rings. The zero-order valence-corrected chi connectivity index (χ0v) is 7.61. The summed E-state index contributed by atoms with van der Waals surface area (Å²) >= 11 is 0. The molecule has 0 aromatic heterocycles. The van der Waals surface area contributed by atoms with Gasteiger partial charge in [0.1, 0.15) is 0 Å². The van der Waals surface area contributed by atoms with Gasteiger partial charge in [-0.25, -0.2) is 0 Å². The highest BCUT2D eigenvalue weighted by molar-refractivity contribution is 5.91. The Balaban J connectivity index is 0.000001000. The molecular weight excluding hydrogens is 138 g/mol. The molecule has 64 valence electrons. The summed E-state index contributed by atoms with van der Waals surface area (Å²) in [6, 6.07) is 0. The molecule has 0 saturated carbocycles.